The van der Waals surface area contributed by atoms with Crippen molar-refractivity contribution in [1.29, 1.82) is 0 Å². The number of ketones is 1. The van der Waals surface area contributed by atoms with E-state index in [-0.39, 0.29) is 0 Å². The van der Waals surface area contributed by atoms with Gasteiger partial charge in [-0.25, -0.2) is 0 Å². The van der Waals surface area contributed by atoms with Crippen LogP contribution in [0.4, 0.5) is 0 Å². The van der Waals surface area contributed by atoms with Crippen molar-refractivity contribution < 1.29 is 19.1 Å². The van der Waals surface area contributed by atoms with E-state index < -0.39 is 11.7 Å². The van der Waals surface area contributed by atoms with Crippen LogP contribution in [0, 0.1) is 0 Å². The highest BCUT2D eigenvalue weighted by molar-refractivity contribution is 6.45. The van der Waals surface area contributed by atoms with E-state index in [0.29, 0.717) is 29.9 Å². The first-order valence-corrected chi connectivity index (χ1v) is 6.14. The Hall–Kier alpha value is -2.34. The third-order valence-corrected chi connectivity index (χ3v) is 2.93. The SMILES string of the molecule is COCCNC(=O)C(=O)c1c[nH]c2ccc(OC)cc12. The van der Waals surface area contributed by atoms with Crippen molar-refractivity contribution in [2.45, 2.75) is 0 Å². The Morgan fingerprint density at radius 3 is 2.80 bits per heavy atom. The number of benzene rings is 1. The molecule has 0 aliphatic carbocycles. The number of H-pyrrole nitrogens is 1. The number of fused-ring (bicyclic) bond motifs is 1. The van der Waals surface area contributed by atoms with Gasteiger partial charge in [0.1, 0.15) is 5.75 Å². The number of methoxy groups -OCH3 is 2. The molecule has 0 aliphatic heterocycles. The molecule has 0 saturated heterocycles. The summed E-state index contributed by atoms with van der Waals surface area (Å²) in [5.41, 5.74) is 1.10. The average molecular weight is 276 g/mol. The van der Waals surface area contributed by atoms with Gasteiger partial charge in [-0.1, -0.05) is 0 Å². The lowest BCUT2D eigenvalue weighted by molar-refractivity contribution is -0.117. The van der Waals surface area contributed by atoms with Crippen molar-refractivity contribution in [3.8, 4) is 5.75 Å². The fraction of sp³-hybridized carbons (Fsp3) is 0.286. The summed E-state index contributed by atoms with van der Waals surface area (Å²) in [7, 11) is 3.08. The Balaban J connectivity index is 2.23. The number of carbonyl (C=O) groups excluding carboxylic acids is 2. The van der Waals surface area contributed by atoms with Gasteiger partial charge in [0.15, 0.2) is 0 Å². The normalized spacial score (nSPS) is 10.5. The molecule has 6 heteroatoms. The van der Waals surface area contributed by atoms with Crippen LogP contribution < -0.4 is 10.1 Å². The van der Waals surface area contributed by atoms with E-state index in [4.69, 9.17) is 9.47 Å². The number of hydrogen-bond acceptors (Lipinski definition) is 4. The third-order valence-electron chi connectivity index (χ3n) is 2.93. The van der Waals surface area contributed by atoms with Gasteiger partial charge in [-0.05, 0) is 18.2 Å². The number of carbonyl (C=O) groups is 2. The lowest BCUT2D eigenvalue weighted by atomic mass is 10.1. The van der Waals surface area contributed by atoms with Crippen LogP contribution in [-0.4, -0.2) is 44.0 Å². The van der Waals surface area contributed by atoms with Gasteiger partial charge in [0.25, 0.3) is 11.7 Å². The van der Waals surface area contributed by atoms with Gasteiger partial charge < -0.3 is 19.8 Å². The number of ether oxygens (including phenoxy) is 2. The summed E-state index contributed by atoms with van der Waals surface area (Å²) < 4.78 is 9.94. The van der Waals surface area contributed by atoms with E-state index in [9.17, 15) is 9.59 Å². The number of rotatable bonds is 6. The van der Waals surface area contributed by atoms with Crippen LogP contribution in [0.15, 0.2) is 24.4 Å². The van der Waals surface area contributed by atoms with Crippen LogP contribution in [0.5, 0.6) is 5.75 Å². The maximum Gasteiger partial charge on any atom is 0.292 e. The Labute approximate surface area is 116 Å². The van der Waals surface area contributed by atoms with Crippen molar-refractivity contribution in [1.82, 2.24) is 10.3 Å². The topological polar surface area (TPSA) is 80.4 Å². The molecule has 1 aromatic heterocycles. The predicted molar refractivity (Wildman–Crippen MR) is 74.1 cm³/mol. The molecule has 0 saturated carbocycles. The van der Waals surface area contributed by atoms with Crippen molar-refractivity contribution in [3.63, 3.8) is 0 Å². The second-order valence-electron chi connectivity index (χ2n) is 4.19. The largest absolute Gasteiger partial charge is 0.497 e. The van der Waals surface area contributed by atoms with E-state index in [1.165, 1.54) is 13.3 Å². The Bertz CT molecular complexity index is 633. The molecule has 0 spiro atoms. The first kappa shape index (κ1) is 14.1. The van der Waals surface area contributed by atoms with E-state index in [0.717, 1.165) is 5.52 Å². The highest BCUT2D eigenvalue weighted by Gasteiger charge is 2.19. The van der Waals surface area contributed by atoms with E-state index in [2.05, 4.69) is 10.3 Å². The number of hydrogen-bond donors (Lipinski definition) is 2. The molecule has 0 fully saturated rings. The summed E-state index contributed by atoms with van der Waals surface area (Å²) >= 11 is 0. The number of amides is 1. The summed E-state index contributed by atoms with van der Waals surface area (Å²) in [5, 5.41) is 3.17. The molecule has 1 amide bonds. The summed E-state index contributed by atoms with van der Waals surface area (Å²) in [4.78, 5) is 26.8. The van der Waals surface area contributed by atoms with Crippen molar-refractivity contribution >= 4 is 22.6 Å². The van der Waals surface area contributed by atoms with Gasteiger partial charge in [-0.2, -0.15) is 0 Å². The minimum Gasteiger partial charge on any atom is -0.497 e. The van der Waals surface area contributed by atoms with Gasteiger partial charge >= 0.3 is 0 Å². The third kappa shape index (κ3) is 2.80. The molecule has 0 atom stereocenters. The molecule has 1 aromatic carbocycles. The van der Waals surface area contributed by atoms with E-state index in [1.807, 2.05) is 0 Å². The second kappa shape index (κ2) is 6.21. The molecule has 2 N–H and O–H groups in total. The van der Waals surface area contributed by atoms with Crippen LogP contribution >= 0.6 is 0 Å². The molecular formula is C14H16N2O4. The number of Topliss-reactive ketones (excluding diaryl/α,β-unsaturated/α-hetero) is 1. The molecule has 0 radical (unpaired) electrons. The quantitative estimate of drug-likeness (QED) is 0.471. The molecule has 106 valence electrons. The van der Waals surface area contributed by atoms with Crippen LogP contribution in [0.1, 0.15) is 10.4 Å². The Kier molecular flexibility index (Phi) is 4.37. The predicted octanol–water partition coefficient (Wildman–Crippen LogP) is 1.12. The zero-order valence-electron chi connectivity index (χ0n) is 11.4. The minimum absolute atomic E-state index is 0.298. The molecule has 6 nitrogen and oxygen atoms in total. The smallest absolute Gasteiger partial charge is 0.292 e. The van der Waals surface area contributed by atoms with Crippen LogP contribution in [-0.2, 0) is 9.53 Å². The highest BCUT2D eigenvalue weighted by Crippen LogP contribution is 2.23. The van der Waals surface area contributed by atoms with E-state index in [1.54, 1.807) is 25.3 Å². The van der Waals surface area contributed by atoms with Crippen molar-refractivity contribution in [3.05, 3.63) is 30.0 Å². The van der Waals surface area contributed by atoms with Gasteiger partial charge in [-0.15, -0.1) is 0 Å². The van der Waals surface area contributed by atoms with Crippen LogP contribution in [0.2, 0.25) is 0 Å². The second-order valence-corrected chi connectivity index (χ2v) is 4.19. The first-order valence-electron chi connectivity index (χ1n) is 6.14. The molecule has 2 rings (SSSR count). The number of aromatic amines is 1. The summed E-state index contributed by atoms with van der Waals surface area (Å²) in [6, 6.07) is 5.31. The van der Waals surface area contributed by atoms with Crippen LogP contribution in [0.25, 0.3) is 10.9 Å². The maximum absolute atomic E-state index is 12.1. The lowest BCUT2D eigenvalue weighted by Crippen LogP contribution is -2.33. The molecule has 0 bridgehead atoms. The molecule has 20 heavy (non-hydrogen) atoms. The Morgan fingerprint density at radius 1 is 1.30 bits per heavy atom. The summed E-state index contributed by atoms with van der Waals surface area (Å²) in [6.45, 7) is 0.660. The van der Waals surface area contributed by atoms with Gasteiger partial charge in [0.05, 0.1) is 19.3 Å². The summed E-state index contributed by atoms with van der Waals surface area (Å²) in [6.07, 6.45) is 1.53. The maximum atomic E-state index is 12.1. The molecular weight excluding hydrogens is 260 g/mol. The molecule has 0 unspecified atom stereocenters. The zero-order valence-corrected chi connectivity index (χ0v) is 11.4. The standard InChI is InChI=1S/C14H16N2O4/c1-19-6-5-15-14(18)13(17)11-8-16-12-4-3-9(20-2)7-10(11)12/h3-4,7-8,16H,5-6H2,1-2H3,(H,15,18). The number of aromatic nitrogens is 1. The van der Waals surface area contributed by atoms with Crippen molar-refractivity contribution in [2.24, 2.45) is 0 Å². The summed E-state index contributed by atoms with van der Waals surface area (Å²) in [5.74, 6) is -0.600. The van der Waals surface area contributed by atoms with Gasteiger partial charge in [-0.3, -0.25) is 9.59 Å². The zero-order chi connectivity index (χ0) is 14.5. The van der Waals surface area contributed by atoms with Gasteiger partial charge in [0, 0.05) is 30.8 Å². The lowest BCUT2D eigenvalue weighted by Gasteiger charge is -2.03. The van der Waals surface area contributed by atoms with Crippen LogP contribution in [0.3, 0.4) is 0 Å². The Morgan fingerprint density at radius 2 is 2.10 bits per heavy atom. The minimum atomic E-state index is -0.647. The fourth-order valence-electron chi connectivity index (χ4n) is 1.88. The average Bonchev–Trinajstić information content (AvgIpc) is 2.89. The number of nitrogens with one attached hydrogen (secondary N) is 2. The first-order chi connectivity index (χ1) is 9.67. The van der Waals surface area contributed by atoms with E-state index >= 15 is 0 Å². The van der Waals surface area contributed by atoms with Crippen molar-refractivity contribution in [2.75, 3.05) is 27.4 Å². The van der Waals surface area contributed by atoms with Gasteiger partial charge in [0.2, 0.25) is 0 Å². The fourth-order valence-corrected chi connectivity index (χ4v) is 1.88. The molecule has 0 aliphatic rings. The molecule has 1 heterocycles. The molecule has 2 aromatic rings. The monoisotopic (exact) mass is 276 g/mol. The highest BCUT2D eigenvalue weighted by atomic mass is 16.5.